The van der Waals surface area contributed by atoms with Crippen LogP contribution in [-0.2, 0) is 0 Å². The van der Waals surface area contributed by atoms with Crippen molar-refractivity contribution < 1.29 is 0 Å². The number of nitrogens with one attached hydrogen (secondary N) is 1. The molecule has 0 aliphatic carbocycles. The second-order valence-electron chi connectivity index (χ2n) is 2.98. The molecule has 0 spiro atoms. The molecule has 0 saturated carbocycles. The van der Waals surface area contributed by atoms with Gasteiger partial charge in [-0.1, -0.05) is 30.3 Å². The summed E-state index contributed by atoms with van der Waals surface area (Å²) >= 11 is 1.50. The van der Waals surface area contributed by atoms with Crippen LogP contribution in [0.15, 0.2) is 41.8 Å². The molecule has 1 aromatic carbocycles. The van der Waals surface area contributed by atoms with Gasteiger partial charge in [-0.2, -0.15) is 0 Å². The minimum atomic E-state index is 0.136. The van der Waals surface area contributed by atoms with Crippen molar-refractivity contribution in [1.82, 2.24) is 0 Å². The van der Waals surface area contributed by atoms with Crippen molar-refractivity contribution in [2.45, 2.75) is 0 Å². The van der Waals surface area contributed by atoms with Crippen molar-refractivity contribution in [2.24, 2.45) is 5.73 Å². The Labute approximate surface area is 86.5 Å². The molecule has 0 aliphatic rings. The summed E-state index contributed by atoms with van der Waals surface area (Å²) < 4.78 is 0. The van der Waals surface area contributed by atoms with E-state index in [-0.39, 0.29) is 5.84 Å². The zero-order valence-electron chi connectivity index (χ0n) is 7.53. The first-order valence-electron chi connectivity index (χ1n) is 4.26. The summed E-state index contributed by atoms with van der Waals surface area (Å²) in [4.78, 5) is 0.823. The van der Waals surface area contributed by atoms with E-state index in [2.05, 4.69) is 0 Å². The SMILES string of the molecule is N=C(N)c1cc(-c2ccccc2)cs1. The van der Waals surface area contributed by atoms with E-state index in [1.54, 1.807) is 0 Å². The maximum absolute atomic E-state index is 7.30. The van der Waals surface area contributed by atoms with E-state index in [1.807, 2.05) is 41.8 Å². The first-order chi connectivity index (χ1) is 6.77. The van der Waals surface area contributed by atoms with Crippen LogP contribution in [-0.4, -0.2) is 5.84 Å². The number of nitrogens with two attached hydrogens (primary N) is 1. The van der Waals surface area contributed by atoms with Crippen LogP contribution in [0.4, 0.5) is 0 Å². The van der Waals surface area contributed by atoms with E-state index < -0.39 is 0 Å². The molecule has 3 heteroatoms. The summed E-state index contributed by atoms with van der Waals surface area (Å²) in [5.74, 6) is 0.136. The van der Waals surface area contributed by atoms with Crippen molar-refractivity contribution in [2.75, 3.05) is 0 Å². The number of nitrogen functional groups attached to an aromatic ring is 1. The lowest BCUT2D eigenvalue weighted by Crippen LogP contribution is -2.08. The Morgan fingerprint density at radius 1 is 1.14 bits per heavy atom. The van der Waals surface area contributed by atoms with Gasteiger partial charge in [0.25, 0.3) is 0 Å². The summed E-state index contributed by atoms with van der Waals surface area (Å²) in [5, 5.41) is 9.32. The Balaban J connectivity index is 2.39. The lowest BCUT2D eigenvalue weighted by atomic mass is 10.1. The Kier molecular flexibility index (Phi) is 2.33. The Hall–Kier alpha value is -1.61. The molecule has 14 heavy (non-hydrogen) atoms. The maximum atomic E-state index is 7.30. The van der Waals surface area contributed by atoms with Crippen molar-refractivity contribution in [3.63, 3.8) is 0 Å². The van der Waals surface area contributed by atoms with E-state index in [0.29, 0.717) is 0 Å². The number of hydrogen-bond donors (Lipinski definition) is 2. The monoisotopic (exact) mass is 202 g/mol. The van der Waals surface area contributed by atoms with Crippen LogP contribution >= 0.6 is 11.3 Å². The number of thiophene rings is 1. The van der Waals surface area contributed by atoms with Gasteiger partial charge in [-0.15, -0.1) is 11.3 Å². The third-order valence-corrected chi connectivity index (χ3v) is 2.94. The molecule has 0 fully saturated rings. The molecule has 0 aliphatic heterocycles. The molecule has 1 heterocycles. The predicted molar refractivity (Wildman–Crippen MR) is 60.8 cm³/mol. The molecule has 0 bridgehead atoms. The number of benzene rings is 1. The Morgan fingerprint density at radius 2 is 1.86 bits per heavy atom. The van der Waals surface area contributed by atoms with Crippen molar-refractivity contribution in [3.8, 4) is 11.1 Å². The third-order valence-electron chi connectivity index (χ3n) is 1.97. The van der Waals surface area contributed by atoms with E-state index in [0.717, 1.165) is 16.0 Å². The average Bonchev–Trinajstić information content (AvgIpc) is 2.68. The fourth-order valence-electron chi connectivity index (χ4n) is 1.26. The van der Waals surface area contributed by atoms with E-state index >= 15 is 0 Å². The Bertz CT molecular complexity index is 445. The van der Waals surface area contributed by atoms with Crippen LogP contribution in [0.3, 0.4) is 0 Å². The lowest BCUT2D eigenvalue weighted by molar-refractivity contribution is 1.45. The van der Waals surface area contributed by atoms with Gasteiger partial charge in [0.05, 0.1) is 4.88 Å². The standard InChI is InChI=1S/C11H10N2S/c12-11(13)10-6-9(7-14-10)8-4-2-1-3-5-8/h1-7H,(H3,12,13). The van der Waals surface area contributed by atoms with E-state index in [1.165, 1.54) is 11.3 Å². The summed E-state index contributed by atoms with van der Waals surface area (Å²) in [5.41, 5.74) is 7.69. The highest BCUT2D eigenvalue weighted by Gasteiger charge is 2.03. The van der Waals surface area contributed by atoms with Crippen molar-refractivity contribution in [3.05, 3.63) is 46.7 Å². The molecular weight excluding hydrogens is 192 g/mol. The van der Waals surface area contributed by atoms with Crippen LogP contribution < -0.4 is 5.73 Å². The number of hydrogen-bond acceptors (Lipinski definition) is 2. The van der Waals surface area contributed by atoms with Crippen molar-refractivity contribution in [1.29, 1.82) is 5.41 Å². The number of amidine groups is 1. The van der Waals surface area contributed by atoms with Crippen LogP contribution in [0.2, 0.25) is 0 Å². The lowest BCUT2D eigenvalue weighted by Gasteiger charge is -1.94. The fraction of sp³-hybridized carbons (Fsp3) is 0. The second-order valence-corrected chi connectivity index (χ2v) is 3.89. The summed E-state index contributed by atoms with van der Waals surface area (Å²) in [6.45, 7) is 0. The van der Waals surface area contributed by atoms with E-state index in [9.17, 15) is 0 Å². The normalized spacial score (nSPS) is 10.0. The molecule has 0 atom stereocenters. The second kappa shape index (κ2) is 3.64. The van der Waals surface area contributed by atoms with Gasteiger partial charge < -0.3 is 5.73 Å². The topological polar surface area (TPSA) is 49.9 Å². The first-order valence-corrected chi connectivity index (χ1v) is 5.13. The summed E-state index contributed by atoms with van der Waals surface area (Å²) in [6, 6.07) is 12.0. The molecule has 0 amide bonds. The quantitative estimate of drug-likeness (QED) is 0.571. The van der Waals surface area contributed by atoms with Gasteiger partial charge in [0.2, 0.25) is 0 Å². The maximum Gasteiger partial charge on any atom is 0.133 e. The van der Waals surface area contributed by atoms with Gasteiger partial charge >= 0.3 is 0 Å². The average molecular weight is 202 g/mol. The van der Waals surface area contributed by atoms with Gasteiger partial charge in [0.15, 0.2) is 0 Å². The first kappa shape index (κ1) is 8.97. The molecular formula is C11H10N2S. The van der Waals surface area contributed by atoms with Crippen LogP contribution in [0.25, 0.3) is 11.1 Å². The zero-order chi connectivity index (χ0) is 9.97. The minimum Gasteiger partial charge on any atom is -0.383 e. The molecule has 0 saturated heterocycles. The van der Waals surface area contributed by atoms with Gasteiger partial charge in [-0.25, -0.2) is 0 Å². The highest BCUT2D eigenvalue weighted by molar-refractivity contribution is 7.12. The highest BCUT2D eigenvalue weighted by atomic mass is 32.1. The van der Waals surface area contributed by atoms with Crippen LogP contribution in [0, 0.1) is 5.41 Å². The van der Waals surface area contributed by atoms with Gasteiger partial charge in [-0.3, -0.25) is 5.41 Å². The van der Waals surface area contributed by atoms with Crippen molar-refractivity contribution >= 4 is 17.2 Å². The molecule has 1 aromatic heterocycles. The van der Waals surface area contributed by atoms with Crippen LogP contribution in [0.1, 0.15) is 4.88 Å². The molecule has 0 unspecified atom stereocenters. The summed E-state index contributed by atoms with van der Waals surface area (Å²) in [6.07, 6.45) is 0. The molecule has 2 rings (SSSR count). The number of rotatable bonds is 2. The third kappa shape index (κ3) is 1.67. The smallest absolute Gasteiger partial charge is 0.133 e. The molecule has 2 nitrogen and oxygen atoms in total. The largest absolute Gasteiger partial charge is 0.383 e. The molecule has 3 N–H and O–H groups in total. The fourth-order valence-corrected chi connectivity index (χ4v) is 2.04. The highest BCUT2D eigenvalue weighted by Crippen LogP contribution is 2.24. The van der Waals surface area contributed by atoms with Gasteiger partial charge in [-0.05, 0) is 22.6 Å². The molecule has 70 valence electrons. The minimum absolute atomic E-state index is 0.136. The zero-order valence-corrected chi connectivity index (χ0v) is 8.34. The Morgan fingerprint density at radius 3 is 2.43 bits per heavy atom. The van der Waals surface area contributed by atoms with Crippen LogP contribution in [0.5, 0.6) is 0 Å². The summed E-state index contributed by atoms with van der Waals surface area (Å²) in [7, 11) is 0. The van der Waals surface area contributed by atoms with E-state index in [4.69, 9.17) is 11.1 Å². The predicted octanol–water partition coefficient (Wildman–Crippen LogP) is 2.70. The van der Waals surface area contributed by atoms with Gasteiger partial charge in [0, 0.05) is 0 Å². The molecule has 0 radical (unpaired) electrons. The molecule has 2 aromatic rings. The van der Waals surface area contributed by atoms with Gasteiger partial charge in [0.1, 0.15) is 5.84 Å².